The highest BCUT2D eigenvalue weighted by molar-refractivity contribution is 6.23. The van der Waals surface area contributed by atoms with E-state index in [9.17, 15) is 24.0 Å². The molecule has 0 radical (unpaired) electrons. The van der Waals surface area contributed by atoms with Crippen molar-refractivity contribution in [1.29, 1.82) is 0 Å². The normalized spacial score (nSPS) is 17.1. The van der Waals surface area contributed by atoms with Crippen molar-refractivity contribution >= 4 is 35.3 Å². The fraction of sp³-hybridized carbons (Fsp3) is 0.560. The molecule has 4 amide bonds. The molecule has 38 heavy (non-hydrogen) atoms. The SMILES string of the molecule is O=C(O)CCCOCCOCCOCCOCCNc1ccc2c(c1)C(=O)N(C1CCC(=O)NC1=O)C2=O. The van der Waals surface area contributed by atoms with Gasteiger partial charge in [-0.3, -0.25) is 34.2 Å². The summed E-state index contributed by atoms with van der Waals surface area (Å²) >= 11 is 0. The van der Waals surface area contributed by atoms with Crippen LogP contribution in [0.5, 0.6) is 0 Å². The van der Waals surface area contributed by atoms with Gasteiger partial charge in [0.2, 0.25) is 11.8 Å². The van der Waals surface area contributed by atoms with Crippen LogP contribution < -0.4 is 10.6 Å². The lowest BCUT2D eigenvalue weighted by Gasteiger charge is -2.27. The number of fused-ring (bicyclic) bond motifs is 1. The van der Waals surface area contributed by atoms with Gasteiger partial charge in [-0.15, -0.1) is 0 Å². The predicted octanol–water partition coefficient (Wildman–Crippen LogP) is 0.431. The Balaban J connectivity index is 1.24. The number of imide groups is 2. The first-order chi connectivity index (χ1) is 18.4. The van der Waals surface area contributed by atoms with Crippen molar-refractivity contribution in [3.63, 3.8) is 0 Å². The van der Waals surface area contributed by atoms with Crippen LogP contribution in [0.2, 0.25) is 0 Å². The van der Waals surface area contributed by atoms with E-state index in [1.54, 1.807) is 18.2 Å². The maximum absolute atomic E-state index is 12.9. The number of carboxylic acids is 1. The van der Waals surface area contributed by atoms with Crippen LogP contribution in [0.1, 0.15) is 46.4 Å². The summed E-state index contributed by atoms with van der Waals surface area (Å²) in [6, 6.07) is 3.81. The minimum absolute atomic E-state index is 0.0731. The lowest BCUT2D eigenvalue weighted by Crippen LogP contribution is -2.54. The van der Waals surface area contributed by atoms with Gasteiger partial charge < -0.3 is 29.4 Å². The maximum Gasteiger partial charge on any atom is 0.303 e. The number of nitrogens with zero attached hydrogens (tertiary/aromatic N) is 1. The van der Waals surface area contributed by atoms with Gasteiger partial charge in [-0.05, 0) is 31.0 Å². The number of nitrogens with one attached hydrogen (secondary N) is 2. The second-order valence-corrected chi connectivity index (χ2v) is 8.58. The number of carboxylic acid groups (broad SMARTS) is 1. The number of rotatable bonds is 18. The van der Waals surface area contributed by atoms with Gasteiger partial charge in [-0.2, -0.15) is 0 Å². The third-order valence-electron chi connectivity index (χ3n) is 5.81. The minimum Gasteiger partial charge on any atom is -0.481 e. The smallest absolute Gasteiger partial charge is 0.303 e. The van der Waals surface area contributed by atoms with Gasteiger partial charge in [0.25, 0.3) is 11.8 Å². The number of carbonyl (C=O) groups is 5. The number of piperidine rings is 1. The van der Waals surface area contributed by atoms with E-state index in [1.165, 1.54) is 0 Å². The molecule has 208 valence electrons. The number of anilines is 1. The Morgan fingerprint density at radius 1 is 0.895 bits per heavy atom. The average Bonchev–Trinajstić information content (AvgIpc) is 3.13. The van der Waals surface area contributed by atoms with Gasteiger partial charge in [0.05, 0.1) is 57.4 Å². The fourth-order valence-corrected chi connectivity index (χ4v) is 3.94. The molecule has 3 N–H and O–H groups in total. The molecule has 1 unspecified atom stereocenters. The zero-order chi connectivity index (χ0) is 27.3. The Labute approximate surface area is 219 Å². The molecule has 1 fully saturated rings. The minimum atomic E-state index is -0.991. The molecule has 2 heterocycles. The topological polar surface area (TPSA) is 170 Å². The van der Waals surface area contributed by atoms with E-state index in [0.29, 0.717) is 71.5 Å². The van der Waals surface area contributed by atoms with E-state index in [-0.39, 0.29) is 30.4 Å². The molecule has 1 aromatic carbocycles. The number of aliphatic carboxylic acids is 1. The molecule has 0 saturated carbocycles. The Morgan fingerprint density at radius 2 is 1.50 bits per heavy atom. The number of benzene rings is 1. The molecule has 13 nitrogen and oxygen atoms in total. The van der Waals surface area contributed by atoms with Crippen LogP contribution in [-0.4, -0.2) is 105 Å². The molecule has 0 spiro atoms. The Bertz CT molecular complexity index is 1020. The van der Waals surface area contributed by atoms with Gasteiger partial charge in [-0.1, -0.05) is 0 Å². The monoisotopic (exact) mass is 535 g/mol. The van der Waals surface area contributed by atoms with Crippen molar-refractivity contribution in [2.75, 3.05) is 64.7 Å². The first-order valence-corrected chi connectivity index (χ1v) is 12.5. The van der Waals surface area contributed by atoms with Crippen LogP contribution in [0, 0.1) is 0 Å². The van der Waals surface area contributed by atoms with Crippen LogP contribution in [0.25, 0.3) is 0 Å². The highest BCUT2D eigenvalue weighted by Gasteiger charge is 2.44. The van der Waals surface area contributed by atoms with Crippen molar-refractivity contribution in [2.45, 2.75) is 31.7 Å². The number of hydrogen-bond acceptors (Lipinski definition) is 10. The second kappa shape index (κ2) is 15.1. The molecule has 0 aliphatic carbocycles. The van der Waals surface area contributed by atoms with Crippen LogP contribution in [0.3, 0.4) is 0 Å². The van der Waals surface area contributed by atoms with Crippen LogP contribution in [0.15, 0.2) is 18.2 Å². The zero-order valence-corrected chi connectivity index (χ0v) is 21.1. The van der Waals surface area contributed by atoms with E-state index in [2.05, 4.69) is 10.6 Å². The summed E-state index contributed by atoms with van der Waals surface area (Å²) in [4.78, 5) is 60.4. The fourth-order valence-electron chi connectivity index (χ4n) is 3.94. The van der Waals surface area contributed by atoms with Crippen molar-refractivity contribution in [2.24, 2.45) is 0 Å². The largest absolute Gasteiger partial charge is 0.481 e. The van der Waals surface area contributed by atoms with Gasteiger partial charge in [-0.25, -0.2) is 0 Å². The number of amides is 4. The molecule has 3 rings (SSSR count). The maximum atomic E-state index is 12.9. The number of hydrogen-bond donors (Lipinski definition) is 3. The Hall–Kier alpha value is -3.39. The quantitative estimate of drug-likeness (QED) is 0.176. The summed E-state index contributed by atoms with van der Waals surface area (Å²) in [6.45, 7) is 3.70. The molecule has 2 aliphatic heterocycles. The Morgan fingerprint density at radius 3 is 2.13 bits per heavy atom. The van der Waals surface area contributed by atoms with Crippen LogP contribution in [0.4, 0.5) is 5.69 Å². The number of carbonyl (C=O) groups excluding carboxylic acids is 4. The highest BCUT2D eigenvalue weighted by Crippen LogP contribution is 2.29. The average molecular weight is 536 g/mol. The first-order valence-electron chi connectivity index (χ1n) is 12.5. The van der Waals surface area contributed by atoms with E-state index >= 15 is 0 Å². The molecule has 1 saturated heterocycles. The van der Waals surface area contributed by atoms with E-state index in [0.717, 1.165) is 4.90 Å². The van der Waals surface area contributed by atoms with E-state index < -0.39 is 35.6 Å². The van der Waals surface area contributed by atoms with Gasteiger partial charge in [0.15, 0.2) is 0 Å². The standard InChI is InChI=1S/C25H33N3O10/c29-21-6-5-20(23(32)27-21)28-24(33)18-4-3-17(16-19(18)25(28)34)26-7-9-36-11-13-38-15-14-37-12-10-35-8-1-2-22(30)31/h3-4,16,20,26H,1-2,5-15H2,(H,30,31)(H,27,29,32). The van der Waals surface area contributed by atoms with Gasteiger partial charge in [0.1, 0.15) is 6.04 Å². The molecule has 0 bridgehead atoms. The van der Waals surface area contributed by atoms with Crippen molar-refractivity contribution < 1.29 is 48.0 Å². The van der Waals surface area contributed by atoms with Crippen LogP contribution >= 0.6 is 0 Å². The molecular formula is C25H33N3O10. The van der Waals surface area contributed by atoms with Gasteiger partial charge >= 0.3 is 5.97 Å². The highest BCUT2D eigenvalue weighted by atomic mass is 16.6. The summed E-state index contributed by atoms with van der Waals surface area (Å²) in [5, 5.41) is 13.8. The molecule has 1 atom stereocenters. The number of ether oxygens (including phenoxy) is 4. The summed E-state index contributed by atoms with van der Waals surface area (Å²) in [5.41, 5.74) is 1.08. The summed E-state index contributed by atoms with van der Waals surface area (Å²) in [7, 11) is 0. The van der Waals surface area contributed by atoms with Crippen molar-refractivity contribution in [1.82, 2.24) is 10.2 Å². The molecule has 13 heteroatoms. The van der Waals surface area contributed by atoms with Crippen molar-refractivity contribution in [3.8, 4) is 0 Å². The lowest BCUT2D eigenvalue weighted by molar-refractivity contribution is -0.138. The third kappa shape index (κ3) is 8.58. The molecule has 2 aliphatic rings. The van der Waals surface area contributed by atoms with E-state index in [4.69, 9.17) is 24.1 Å². The lowest BCUT2D eigenvalue weighted by atomic mass is 10.0. The third-order valence-corrected chi connectivity index (χ3v) is 5.81. The summed E-state index contributed by atoms with van der Waals surface area (Å²) in [6.07, 6.45) is 0.760. The first kappa shape index (κ1) is 29.2. The van der Waals surface area contributed by atoms with Gasteiger partial charge in [0, 0.05) is 31.7 Å². The Kier molecular flexibility index (Phi) is 11.6. The molecule has 0 aromatic heterocycles. The van der Waals surface area contributed by atoms with Crippen LogP contribution in [-0.2, 0) is 33.3 Å². The van der Waals surface area contributed by atoms with Crippen molar-refractivity contribution in [3.05, 3.63) is 29.3 Å². The van der Waals surface area contributed by atoms with E-state index in [1.807, 2.05) is 0 Å². The molecular weight excluding hydrogens is 502 g/mol. The summed E-state index contributed by atoms with van der Waals surface area (Å²) in [5.74, 6) is -2.98. The zero-order valence-electron chi connectivity index (χ0n) is 21.1. The molecule has 1 aromatic rings. The summed E-state index contributed by atoms with van der Waals surface area (Å²) < 4.78 is 21.5. The predicted molar refractivity (Wildman–Crippen MR) is 132 cm³/mol. The second-order valence-electron chi connectivity index (χ2n) is 8.58.